The van der Waals surface area contributed by atoms with E-state index in [0.29, 0.717) is 5.92 Å². The summed E-state index contributed by atoms with van der Waals surface area (Å²) >= 11 is 1.65. The summed E-state index contributed by atoms with van der Waals surface area (Å²) in [6, 6.07) is 8.52. The quantitative estimate of drug-likeness (QED) is 0.844. The van der Waals surface area contributed by atoms with Crippen molar-refractivity contribution in [2.75, 3.05) is 19.0 Å². The van der Waals surface area contributed by atoms with Gasteiger partial charge in [-0.3, -0.25) is 4.99 Å². The van der Waals surface area contributed by atoms with Gasteiger partial charge >= 0.3 is 0 Å². The second kappa shape index (κ2) is 4.59. The standard InChI is InChI=1S/C14H18N2OS/c1-10-4-2-3-5-12(10)14-6-7-17-8-11(14)9-18-13(15)16-14/h2-5,11H,6-9H2,1H3,(H2,15,16)/t11-,14-/m0/s1. The second-order valence-corrected chi connectivity index (χ2v) is 6.06. The van der Waals surface area contributed by atoms with Gasteiger partial charge in [-0.1, -0.05) is 36.0 Å². The summed E-state index contributed by atoms with van der Waals surface area (Å²) in [6.07, 6.45) is 0.934. The number of rotatable bonds is 1. The summed E-state index contributed by atoms with van der Waals surface area (Å²) in [5, 5.41) is 0.719. The lowest BCUT2D eigenvalue weighted by atomic mass is 9.74. The highest BCUT2D eigenvalue weighted by molar-refractivity contribution is 8.13. The van der Waals surface area contributed by atoms with Gasteiger partial charge in [0.15, 0.2) is 5.17 Å². The third kappa shape index (κ3) is 1.84. The molecule has 4 heteroatoms. The molecule has 0 bridgehead atoms. The van der Waals surface area contributed by atoms with Crippen LogP contribution in [0.3, 0.4) is 0 Å². The van der Waals surface area contributed by atoms with Crippen LogP contribution in [-0.2, 0) is 10.3 Å². The van der Waals surface area contributed by atoms with Crippen molar-refractivity contribution in [2.45, 2.75) is 18.9 Å². The van der Waals surface area contributed by atoms with Gasteiger partial charge in [0.05, 0.1) is 12.1 Å². The maximum atomic E-state index is 5.99. The zero-order valence-electron chi connectivity index (χ0n) is 10.6. The van der Waals surface area contributed by atoms with Gasteiger partial charge in [0, 0.05) is 24.7 Å². The summed E-state index contributed by atoms with van der Waals surface area (Å²) in [6.45, 7) is 3.72. The molecule has 2 atom stereocenters. The molecule has 2 N–H and O–H groups in total. The molecule has 3 rings (SSSR count). The molecule has 0 saturated carbocycles. The predicted molar refractivity (Wildman–Crippen MR) is 75.9 cm³/mol. The van der Waals surface area contributed by atoms with E-state index in [-0.39, 0.29) is 5.54 Å². The highest BCUT2D eigenvalue weighted by atomic mass is 32.2. The van der Waals surface area contributed by atoms with E-state index >= 15 is 0 Å². The molecular weight excluding hydrogens is 244 g/mol. The molecule has 0 radical (unpaired) electrons. The fraction of sp³-hybridized carbons (Fsp3) is 0.500. The zero-order valence-corrected chi connectivity index (χ0v) is 11.4. The Morgan fingerprint density at radius 2 is 2.28 bits per heavy atom. The second-order valence-electron chi connectivity index (χ2n) is 5.02. The van der Waals surface area contributed by atoms with Crippen LogP contribution in [-0.4, -0.2) is 24.1 Å². The number of fused-ring (bicyclic) bond motifs is 1. The van der Waals surface area contributed by atoms with Crippen LogP contribution in [0.25, 0.3) is 0 Å². The molecule has 1 saturated heterocycles. The molecule has 96 valence electrons. The van der Waals surface area contributed by atoms with E-state index in [2.05, 4.69) is 31.2 Å². The molecule has 0 spiro atoms. The molecule has 1 fully saturated rings. The van der Waals surface area contributed by atoms with Gasteiger partial charge < -0.3 is 10.5 Å². The Kier molecular flexibility index (Phi) is 3.08. The first-order chi connectivity index (χ1) is 8.72. The molecule has 0 amide bonds. The van der Waals surface area contributed by atoms with Crippen molar-refractivity contribution >= 4 is 16.9 Å². The summed E-state index contributed by atoms with van der Waals surface area (Å²) < 4.78 is 5.64. The maximum Gasteiger partial charge on any atom is 0.154 e. The fourth-order valence-corrected chi connectivity index (χ4v) is 3.99. The topological polar surface area (TPSA) is 47.6 Å². The molecule has 18 heavy (non-hydrogen) atoms. The van der Waals surface area contributed by atoms with Gasteiger partial charge in [-0.25, -0.2) is 0 Å². The Morgan fingerprint density at radius 1 is 1.44 bits per heavy atom. The summed E-state index contributed by atoms with van der Waals surface area (Å²) in [5.74, 6) is 1.44. The highest BCUT2D eigenvalue weighted by Crippen LogP contribution is 2.45. The van der Waals surface area contributed by atoms with Crippen LogP contribution in [0, 0.1) is 12.8 Å². The van der Waals surface area contributed by atoms with Crippen molar-refractivity contribution in [2.24, 2.45) is 16.6 Å². The van der Waals surface area contributed by atoms with Crippen LogP contribution in [0.2, 0.25) is 0 Å². The number of thioether (sulfide) groups is 1. The van der Waals surface area contributed by atoms with Gasteiger partial charge in [0.25, 0.3) is 0 Å². The first-order valence-electron chi connectivity index (χ1n) is 6.34. The van der Waals surface area contributed by atoms with Crippen molar-refractivity contribution in [3.63, 3.8) is 0 Å². The lowest BCUT2D eigenvalue weighted by molar-refractivity contribution is 0.00987. The molecule has 1 aromatic rings. The van der Waals surface area contributed by atoms with Crippen LogP contribution < -0.4 is 5.73 Å². The minimum absolute atomic E-state index is 0.154. The van der Waals surface area contributed by atoms with Gasteiger partial charge in [-0.15, -0.1) is 0 Å². The summed E-state index contributed by atoms with van der Waals surface area (Å²) in [5.41, 5.74) is 8.45. The van der Waals surface area contributed by atoms with Crippen LogP contribution in [0.1, 0.15) is 17.5 Å². The number of ether oxygens (including phenoxy) is 1. The van der Waals surface area contributed by atoms with Gasteiger partial charge in [0.2, 0.25) is 0 Å². The maximum absolute atomic E-state index is 5.99. The van der Waals surface area contributed by atoms with Crippen molar-refractivity contribution < 1.29 is 4.74 Å². The number of nitrogens with zero attached hydrogens (tertiary/aromatic N) is 1. The van der Waals surface area contributed by atoms with Gasteiger partial charge in [-0.2, -0.15) is 0 Å². The predicted octanol–water partition coefficient (Wildman–Crippen LogP) is 2.29. The number of benzene rings is 1. The Labute approximate surface area is 112 Å². The Hall–Kier alpha value is -1.00. The molecular formula is C14H18N2OS. The largest absolute Gasteiger partial charge is 0.381 e. The van der Waals surface area contributed by atoms with Crippen LogP contribution in [0.15, 0.2) is 29.3 Å². The molecule has 0 unspecified atom stereocenters. The Balaban J connectivity index is 2.13. The normalized spacial score (nSPS) is 31.6. The highest BCUT2D eigenvalue weighted by Gasteiger charge is 2.45. The molecule has 0 aromatic heterocycles. The van der Waals surface area contributed by atoms with Crippen LogP contribution >= 0.6 is 11.8 Å². The third-order valence-electron chi connectivity index (χ3n) is 3.98. The lowest BCUT2D eigenvalue weighted by Crippen LogP contribution is -2.47. The van der Waals surface area contributed by atoms with E-state index in [9.17, 15) is 0 Å². The van der Waals surface area contributed by atoms with E-state index in [0.717, 1.165) is 30.6 Å². The molecule has 2 heterocycles. The molecule has 1 aromatic carbocycles. The lowest BCUT2D eigenvalue weighted by Gasteiger charge is -2.44. The SMILES string of the molecule is Cc1ccccc1[C@]12CCOC[C@H]1CSC(N)=N2. The monoisotopic (exact) mass is 262 g/mol. The molecule has 2 aliphatic heterocycles. The van der Waals surface area contributed by atoms with Crippen molar-refractivity contribution in [3.05, 3.63) is 35.4 Å². The fourth-order valence-electron chi connectivity index (χ4n) is 3.02. The summed E-state index contributed by atoms with van der Waals surface area (Å²) in [7, 11) is 0. The number of hydrogen-bond acceptors (Lipinski definition) is 4. The molecule has 0 aliphatic carbocycles. The van der Waals surface area contributed by atoms with E-state index in [1.165, 1.54) is 11.1 Å². The first kappa shape index (κ1) is 12.1. The number of hydrogen-bond donors (Lipinski definition) is 1. The average molecular weight is 262 g/mol. The van der Waals surface area contributed by atoms with E-state index < -0.39 is 0 Å². The van der Waals surface area contributed by atoms with Gasteiger partial charge in [0.1, 0.15) is 0 Å². The third-order valence-corrected chi connectivity index (χ3v) is 4.93. The van der Waals surface area contributed by atoms with Crippen LogP contribution in [0.4, 0.5) is 0 Å². The minimum Gasteiger partial charge on any atom is -0.381 e. The van der Waals surface area contributed by atoms with Gasteiger partial charge in [-0.05, 0) is 18.1 Å². The van der Waals surface area contributed by atoms with Crippen molar-refractivity contribution in [1.29, 1.82) is 0 Å². The molecule has 3 nitrogen and oxygen atoms in total. The van der Waals surface area contributed by atoms with E-state index in [4.69, 9.17) is 15.5 Å². The number of nitrogens with two attached hydrogens (primary N) is 1. The number of aliphatic imine (C=N–C) groups is 1. The number of aryl methyl sites for hydroxylation is 1. The van der Waals surface area contributed by atoms with Crippen molar-refractivity contribution in [3.8, 4) is 0 Å². The number of amidine groups is 1. The van der Waals surface area contributed by atoms with Crippen molar-refractivity contribution in [1.82, 2.24) is 0 Å². The first-order valence-corrected chi connectivity index (χ1v) is 7.33. The average Bonchev–Trinajstić information content (AvgIpc) is 2.38. The van der Waals surface area contributed by atoms with E-state index in [1.807, 2.05) is 0 Å². The zero-order chi connectivity index (χ0) is 12.6. The molecule has 2 aliphatic rings. The Morgan fingerprint density at radius 3 is 3.11 bits per heavy atom. The smallest absolute Gasteiger partial charge is 0.154 e. The van der Waals surface area contributed by atoms with Crippen LogP contribution in [0.5, 0.6) is 0 Å². The Bertz CT molecular complexity index is 488. The minimum atomic E-state index is -0.154. The van der Waals surface area contributed by atoms with E-state index in [1.54, 1.807) is 11.8 Å². The summed E-state index contributed by atoms with van der Waals surface area (Å²) in [4.78, 5) is 4.84.